The molecule has 0 saturated carbocycles. The highest BCUT2D eigenvalue weighted by Gasteiger charge is 2.29. The van der Waals surface area contributed by atoms with Gasteiger partial charge in [-0.3, -0.25) is 4.79 Å². The van der Waals surface area contributed by atoms with Gasteiger partial charge in [-0.05, 0) is 37.0 Å². The number of anilines is 1. The van der Waals surface area contributed by atoms with Crippen LogP contribution in [0.5, 0.6) is 0 Å². The number of hydrogen-bond acceptors (Lipinski definition) is 3. The number of nitrogens with one attached hydrogen (secondary N) is 1. The summed E-state index contributed by atoms with van der Waals surface area (Å²) in [5, 5.41) is 2.96. The van der Waals surface area contributed by atoms with E-state index in [0.717, 1.165) is 25.7 Å². The topological polar surface area (TPSA) is 66.5 Å². The Labute approximate surface area is 149 Å². The molecule has 1 aromatic carbocycles. The molecule has 1 aliphatic heterocycles. The van der Waals surface area contributed by atoms with Crippen LogP contribution in [0.15, 0.2) is 23.1 Å². The van der Waals surface area contributed by atoms with E-state index >= 15 is 0 Å². The van der Waals surface area contributed by atoms with Crippen molar-refractivity contribution in [2.75, 3.05) is 18.4 Å². The van der Waals surface area contributed by atoms with E-state index in [1.54, 1.807) is 6.07 Å². The lowest BCUT2D eigenvalue weighted by Gasteiger charge is -2.17. The van der Waals surface area contributed by atoms with Crippen molar-refractivity contribution in [1.82, 2.24) is 4.31 Å². The van der Waals surface area contributed by atoms with E-state index in [1.165, 1.54) is 16.4 Å². The molecule has 2 rings (SSSR count). The van der Waals surface area contributed by atoms with Crippen molar-refractivity contribution in [2.45, 2.75) is 50.8 Å². The van der Waals surface area contributed by atoms with E-state index in [9.17, 15) is 13.2 Å². The zero-order valence-corrected chi connectivity index (χ0v) is 15.8. The maximum atomic E-state index is 12.7. The molecule has 0 spiro atoms. The summed E-state index contributed by atoms with van der Waals surface area (Å²) in [6.45, 7) is 5.16. The molecule has 134 valence electrons. The molecule has 0 aromatic heterocycles. The Kier molecular flexibility index (Phi) is 6.66. The first kappa shape index (κ1) is 19.2. The van der Waals surface area contributed by atoms with Gasteiger partial charge in [-0.25, -0.2) is 8.42 Å². The number of nitrogens with zero attached hydrogens (tertiary/aromatic N) is 1. The van der Waals surface area contributed by atoms with Crippen LogP contribution in [0, 0.1) is 5.92 Å². The third-order valence-electron chi connectivity index (χ3n) is 4.21. The second-order valence-electron chi connectivity index (χ2n) is 6.40. The maximum Gasteiger partial charge on any atom is 0.244 e. The van der Waals surface area contributed by atoms with Crippen LogP contribution in [-0.4, -0.2) is 31.7 Å². The lowest BCUT2D eigenvalue weighted by atomic mass is 10.0. The summed E-state index contributed by atoms with van der Waals surface area (Å²) in [4.78, 5) is 12.2. The van der Waals surface area contributed by atoms with Crippen LogP contribution in [0.3, 0.4) is 0 Å². The summed E-state index contributed by atoms with van der Waals surface area (Å²) in [7, 11) is -3.61. The highest BCUT2D eigenvalue weighted by atomic mass is 35.5. The number of hydrogen-bond donors (Lipinski definition) is 1. The molecular weight excluding hydrogens is 348 g/mol. The zero-order chi connectivity index (χ0) is 17.7. The molecule has 1 heterocycles. The Morgan fingerprint density at radius 3 is 2.62 bits per heavy atom. The fourth-order valence-corrected chi connectivity index (χ4v) is 4.99. The Morgan fingerprint density at radius 2 is 2.00 bits per heavy atom. The van der Waals surface area contributed by atoms with E-state index in [2.05, 4.69) is 12.2 Å². The molecule has 24 heavy (non-hydrogen) atoms. The maximum absolute atomic E-state index is 12.7. The number of sulfonamides is 1. The predicted molar refractivity (Wildman–Crippen MR) is 96.8 cm³/mol. The van der Waals surface area contributed by atoms with Gasteiger partial charge in [-0.1, -0.05) is 38.3 Å². The number of rotatable bonds is 7. The average molecular weight is 373 g/mol. The van der Waals surface area contributed by atoms with Gasteiger partial charge in [0, 0.05) is 25.2 Å². The summed E-state index contributed by atoms with van der Waals surface area (Å²) in [5.74, 6) is 0.192. The van der Waals surface area contributed by atoms with Crippen molar-refractivity contribution < 1.29 is 13.2 Å². The van der Waals surface area contributed by atoms with Crippen LogP contribution in [0.2, 0.25) is 5.02 Å². The summed E-state index contributed by atoms with van der Waals surface area (Å²) in [6.07, 6.45) is 4.17. The zero-order valence-electron chi connectivity index (χ0n) is 14.2. The Hall–Kier alpha value is -1.11. The summed E-state index contributed by atoms with van der Waals surface area (Å²) in [5.41, 5.74) is 0.464. The predicted octanol–water partition coefficient (Wildman–Crippen LogP) is 3.89. The van der Waals surface area contributed by atoms with Crippen molar-refractivity contribution in [3.8, 4) is 0 Å². The van der Waals surface area contributed by atoms with E-state index in [4.69, 9.17) is 11.6 Å². The Balaban J connectivity index is 2.15. The Bertz CT molecular complexity index is 685. The van der Waals surface area contributed by atoms with Crippen molar-refractivity contribution in [1.29, 1.82) is 0 Å². The van der Waals surface area contributed by atoms with E-state index < -0.39 is 10.0 Å². The molecule has 1 N–H and O–H groups in total. The van der Waals surface area contributed by atoms with Crippen LogP contribution in [0.4, 0.5) is 5.69 Å². The van der Waals surface area contributed by atoms with Gasteiger partial charge in [0.2, 0.25) is 15.9 Å². The molecule has 1 aliphatic rings. The molecule has 7 heteroatoms. The van der Waals surface area contributed by atoms with Gasteiger partial charge in [0.25, 0.3) is 0 Å². The first-order valence-electron chi connectivity index (χ1n) is 8.44. The van der Waals surface area contributed by atoms with Crippen molar-refractivity contribution in [2.24, 2.45) is 5.92 Å². The molecule has 1 saturated heterocycles. The van der Waals surface area contributed by atoms with Crippen LogP contribution >= 0.6 is 11.6 Å². The normalized spacial score (nSPS) is 17.0. The van der Waals surface area contributed by atoms with Gasteiger partial charge >= 0.3 is 0 Å². The summed E-state index contributed by atoms with van der Waals surface area (Å²) >= 11 is 6.10. The smallest absolute Gasteiger partial charge is 0.244 e. The van der Waals surface area contributed by atoms with Gasteiger partial charge in [0.15, 0.2) is 0 Å². The molecular formula is C17H25ClN2O3S. The molecule has 1 atom stereocenters. The number of carbonyl (C=O) groups is 1. The van der Waals surface area contributed by atoms with Gasteiger partial charge in [-0.15, -0.1) is 0 Å². The minimum atomic E-state index is -3.61. The highest BCUT2D eigenvalue weighted by molar-refractivity contribution is 7.89. The van der Waals surface area contributed by atoms with Gasteiger partial charge < -0.3 is 5.32 Å². The first-order valence-corrected chi connectivity index (χ1v) is 10.3. The van der Waals surface area contributed by atoms with Crippen molar-refractivity contribution >= 4 is 33.2 Å². The summed E-state index contributed by atoms with van der Waals surface area (Å²) in [6, 6.07) is 4.61. The van der Waals surface area contributed by atoms with Crippen LogP contribution in [0.1, 0.15) is 46.0 Å². The Morgan fingerprint density at radius 1 is 1.33 bits per heavy atom. The second-order valence-corrected chi connectivity index (χ2v) is 8.72. The molecule has 1 fully saturated rings. The molecule has 0 radical (unpaired) electrons. The number of benzene rings is 1. The lowest BCUT2D eigenvalue weighted by Crippen LogP contribution is -2.28. The average Bonchev–Trinajstić information content (AvgIpc) is 3.04. The van der Waals surface area contributed by atoms with Gasteiger partial charge in [0.1, 0.15) is 4.90 Å². The standard InChI is InChI=1S/C17H25ClN2O3S/c1-3-6-13(2)11-17(21)19-14-7-8-15(18)16(12-14)24(22,23)20-9-4-5-10-20/h7-8,12-13H,3-6,9-11H2,1-2H3,(H,19,21). The number of carbonyl (C=O) groups excluding carboxylic acids is 1. The molecule has 1 unspecified atom stereocenters. The monoisotopic (exact) mass is 372 g/mol. The number of amides is 1. The molecule has 5 nitrogen and oxygen atoms in total. The van der Waals surface area contributed by atoms with Crippen LogP contribution in [-0.2, 0) is 14.8 Å². The van der Waals surface area contributed by atoms with E-state index in [-0.39, 0.29) is 15.8 Å². The van der Waals surface area contributed by atoms with Crippen molar-refractivity contribution in [3.05, 3.63) is 23.2 Å². The first-order chi connectivity index (χ1) is 11.3. The van der Waals surface area contributed by atoms with Crippen molar-refractivity contribution in [3.63, 3.8) is 0 Å². The molecule has 1 amide bonds. The lowest BCUT2D eigenvalue weighted by molar-refractivity contribution is -0.117. The third kappa shape index (κ3) is 4.71. The fraction of sp³-hybridized carbons (Fsp3) is 0.588. The molecule has 0 aliphatic carbocycles. The largest absolute Gasteiger partial charge is 0.326 e. The SMILES string of the molecule is CCCC(C)CC(=O)Nc1ccc(Cl)c(S(=O)(=O)N2CCCC2)c1. The van der Waals surface area contributed by atoms with E-state index in [0.29, 0.717) is 31.1 Å². The molecule has 1 aromatic rings. The van der Waals surface area contributed by atoms with Gasteiger partial charge in [0.05, 0.1) is 5.02 Å². The fourth-order valence-electron chi connectivity index (χ4n) is 2.97. The third-order valence-corrected chi connectivity index (χ3v) is 6.59. The van der Waals surface area contributed by atoms with Crippen LogP contribution < -0.4 is 5.32 Å². The second kappa shape index (κ2) is 8.32. The highest BCUT2D eigenvalue weighted by Crippen LogP contribution is 2.29. The number of halogens is 1. The minimum absolute atomic E-state index is 0.0606. The van der Waals surface area contributed by atoms with E-state index in [1.807, 2.05) is 6.92 Å². The van der Waals surface area contributed by atoms with Crippen LogP contribution in [0.25, 0.3) is 0 Å². The molecule has 0 bridgehead atoms. The minimum Gasteiger partial charge on any atom is -0.326 e. The van der Waals surface area contributed by atoms with Gasteiger partial charge in [-0.2, -0.15) is 4.31 Å². The quantitative estimate of drug-likeness (QED) is 0.789. The summed E-state index contributed by atoms with van der Waals surface area (Å²) < 4.78 is 26.8.